The van der Waals surface area contributed by atoms with Gasteiger partial charge in [-0.1, -0.05) is 26.0 Å². The van der Waals surface area contributed by atoms with Crippen molar-refractivity contribution in [1.82, 2.24) is 4.98 Å². The van der Waals surface area contributed by atoms with Crippen molar-refractivity contribution in [2.75, 3.05) is 0 Å². The Morgan fingerprint density at radius 1 is 1.36 bits per heavy atom. The van der Waals surface area contributed by atoms with Crippen LogP contribution in [0.5, 0.6) is 0 Å². The van der Waals surface area contributed by atoms with Gasteiger partial charge in [-0.25, -0.2) is 4.39 Å². The first-order chi connectivity index (χ1) is 6.61. The highest BCUT2D eigenvalue weighted by molar-refractivity contribution is 9.10. The maximum absolute atomic E-state index is 13.4. The summed E-state index contributed by atoms with van der Waals surface area (Å²) in [5, 5.41) is 0.911. The molecule has 74 valence electrons. The fourth-order valence-corrected chi connectivity index (χ4v) is 2.45. The minimum absolute atomic E-state index is 0.199. The molecule has 0 saturated heterocycles. The minimum Gasteiger partial charge on any atom is -0.355 e. The van der Waals surface area contributed by atoms with Crippen molar-refractivity contribution in [3.63, 3.8) is 0 Å². The third kappa shape index (κ3) is 1.36. The van der Waals surface area contributed by atoms with E-state index >= 15 is 0 Å². The molecule has 1 aromatic carbocycles. The zero-order valence-electron chi connectivity index (χ0n) is 8.07. The van der Waals surface area contributed by atoms with Crippen LogP contribution in [0.25, 0.3) is 10.9 Å². The summed E-state index contributed by atoms with van der Waals surface area (Å²) in [5.74, 6) is 0.159. The van der Waals surface area contributed by atoms with Crippen LogP contribution in [0.4, 0.5) is 4.39 Å². The van der Waals surface area contributed by atoms with Gasteiger partial charge in [0.15, 0.2) is 0 Å². The first-order valence-corrected chi connectivity index (χ1v) is 5.36. The number of rotatable bonds is 1. The average molecular weight is 256 g/mol. The van der Waals surface area contributed by atoms with Crippen molar-refractivity contribution < 1.29 is 4.39 Å². The molecule has 3 heteroatoms. The molecule has 0 radical (unpaired) electrons. The van der Waals surface area contributed by atoms with Gasteiger partial charge in [-0.15, -0.1) is 0 Å². The van der Waals surface area contributed by atoms with Gasteiger partial charge in [0.05, 0.1) is 5.52 Å². The minimum atomic E-state index is -0.199. The van der Waals surface area contributed by atoms with Gasteiger partial charge in [0.1, 0.15) is 5.82 Å². The lowest BCUT2D eigenvalue weighted by Gasteiger charge is -2.00. The molecule has 2 aromatic rings. The van der Waals surface area contributed by atoms with Gasteiger partial charge in [0.2, 0.25) is 0 Å². The van der Waals surface area contributed by atoms with E-state index in [1.54, 1.807) is 6.07 Å². The highest BCUT2D eigenvalue weighted by atomic mass is 79.9. The zero-order valence-corrected chi connectivity index (χ0v) is 9.65. The molecule has 0 bridgehead atoms. The molecular weight excluding hydrogens is 245 g/mol. The molecule has 1 heterocycles. The van der Waals surface area contributed by atoms with Crippen LogP contribution in [0.1, 0.15) is 25.5 Å². The van der Waals surface area contributed by atoms with Gasteiger partial charge < -0.3 is 4.98 Å². The maximum atomic E-state index is 13.4. The van der Waals surface area contributed by atoms with Crippen molar-refractivity contribution in [3.8, 4) is 0 Å². The SMILES string of the molecule is CC(C)c1[nH]c2c(F)cccc2c1Br. The van der Waals surface area contributed by atoms with E-state index in [-0.39, 0.29) is 5.82 Å². The Morgan fingerprint density at radius 2 is 2.07 bits per heavy atom. The molecular formula is C11H11BrFN. The summed E-state index contributed by atoms with van der Waals surface area (Å²) in [4.78, 5) is 3.11. The van der Waals surface area contributed by atoms with E-state index < -0.39 is 0 Å². The van der Waals surface area contributed by atoms with Crippen LogP contribution in [-0.4, -0.2) is 4.98 Å². The Morgan fingerprint density at radius 3 is 2.64 bits per heavy atom. The molecule has 14 heavy (non-hydrogen) atoms. The predicted octanol–water partition coefficient (Wildman–Crippen LogP) is 4.19. The van der Waals surface area contributed by atoms with Crippen molar-refractivity contribution in [1.29, 1.82) is 0 Å². The summed E-state index contributed by atoms with van der Waals surface area (Å²) >= 11 is 3.49. The molecule has 0 unspecified atom stereocenters. The highest BCUT2D eigenvalue weighted by Crippen LogP contribution is 2.32. The van der Waals surface area contributed by atoms with Crippen LogP contribution in [0.2, 0.25) is 0 Å². The zero-order chi connectivity index (χ0) is 10.3. The van der Waals surface area contributed by atoms with Gasteiger partial charge in [-0.05, 0) is 27.9 Å². The lowest BCUT2D eigenvalue weighted by atomic mass is 10.1. The molecule has 1 aromatic heterocycles. The average Bonchev–Trinajstić information content (AvgIpc) is 2.46. The van der Waals surface area contributed by atoms with E-state index in [4.69, 9.17) is 0 Å². The topological polar surface area (TPSA) is 15.8 Å². The van der Waals surface area contributed by atoms with Gasteiger partial charge >= 0.3 is 0 Å². The van der Waals surface area contributed by atoms with Crippen molar-refractivity contribution >= 4 is 26.8 Å². The number of H-pyrrole nitrogens is 1. The van der Waals surface area contributed by atoms with E-state index in [1.807, 2.05) is 6.07 Å². The lowest BCUT2D eigenvalue weighted by molar-refractivity contribution is 0.636. The fourth-order valence-electron chi connectivity index (χ4n) is 1.57. The number of halogens is 2. The Hall–Kier alpha value is -0.830. The summed E-state index contributed by atoms with van der Waals surface area (Å²) in [6.07, 6.45) is 0. The van der Waals surface area contributed by atoms with Crippen molar-refractivity contribution in [2.24, 2.45) is 0 Å². The van der Waals surface area contributed by atoms with Gasteiger partial charge in [-0.3, -0.25) is 0 Å². The van der Waals surface area contributed by atoms with E-state index in [0.717, 1.165) is 15.6 Å². The van der Waals surface area contributed by atoms with Crippen LogP contribution < -0.4 is 0 Å². The Bertz CT molecular complexity index is 473. The maximum Gasteiger partial charge on any atom is 0.147 e. The number of aromatic nitrogens is 1. The molecule has 1 N–H and O–H groups in total. The highest BCUT2D eigenvalue weighted by Gasteiger charge is 2.13. The first-order valence-electron chi connectivity index (χ1n) is 4.57. The quantitative estimate of drug-likeness (QED) is 0.787. The molecule has 0 atom stereocenters. The number of hydrogen-bond donors (Lipinski definition) is 1. The summed E-state index contributed by atoms with van der Waals surface area (Å²) < 4.78 is 14.4. The second-order valence-electron chi connectivity index (χ2n) is 3.67. The van der Waals surface area contributed by atoms with Gasteiger partial charge in [0.25, 0.3) is 0 Å². The molecule has 0 amide bonds. The van der Waals surface area contributed by atoms with Crippen LogP contribution >= 0.6 is 15.9 Å². The van der Waals surface area contributed by atoms with Crippen molar-refractivity contribution in [3.05, 3.63) is 34.2 Å². The monoisotopic (exact) mass is 255 g/mol. The number of benzene rings is 1. The van der Waals surface area contributed by atoms with Crippen LogP contribution in [0.15, 0.2) is 22.7 Å². The van der Waals surface area contributed by atoms with Gasteiger partial charge in [0, 0.05) is 15.6 Å². The third-order valence-corrected chi connectivity index (χ3v) is 3.18. The first kappa shape index (κ1) is 9.71. The number of hydrogen-bond acceptors (Lipinski definition) is 0. The fraction of sp³-hybridized carbons (Fsp3) is 0.273. The molecule has 0 aliphatic heterocycles. The summed E-state index contributed by atoms with van der Waals surface area (Å²) in [6, 6.07) is 5.10. The lowest BCUT2D eigenvalue weighted by Crippen LogP contribution is -1.87. The summed E-state index contributed by atoms with van der Waals surface area (Å²) in [5.41, 5.74) is 1.63. The van der Waals surface area contributed by atoms with Gasteiger partial charge in [-0.2, -0.15) is 0 Å². The number of fused-ring (bicyclic) bond motifs is 1. The molecule has 0 fully saturated rings. The summed E-state index contributed by atoms with van der Waals surface area (Å²) in [6.45, 7) is 4.15. The van der Waals surface area contributed by atoms with E-state index in [1.165, 1.54) is 6.07 Å². The van der Waals surface area contributed by atoms with E-state index in [2.05, 4.69) is 34.8 Å². The molecule has 1 nitrogen and oxygen atoms in total. The van der Waals surface area contributed by atoms with Crippen LogP contribution in [0, 0.1) is 5.82 Å². The van der Waals surface area contributed by atoms with Crippen LogP contribution in [0.3, 0.4) is 0 Å². The van der Waals surface area contributed by atoms with Crippen molar-refractivity contribution in [2.45, 2.75) is 19.8 Å². The smallest absolute Gasteiger partial charge is 0.147 e. The third-order valence-electron chi connectivity index (χ3n) is 2.32. The molecule has 2 rings (SSSR count). The summed E-state index contributed by atoms with van der Waals surface area (Å²) in [7, 11) is 0. The number of aromatic amines is 1. The molecule has 0 saturated carbocycles. The Kier molecular flexibility index (Phi) is 2.35. The van der Waals surface area contributed by atoms with E-state index in [9.17, 15) is 4.39 Å². The largest absolute Gasteiger partial charge is 0.355 e. The standard InChI is InChI=1S/C11H11BrFN/c1-6(2)10-9(12)7-4-3-5-8(13)11(7)14-10/h3-6,14H,1-2H3. The molecule has 0 spiro atoms. The number of nitrogens with one attached hydrogen (secondary N) is 1. The molecule has 0 aliphatic carbocycles. The predicted molar refractivity (Wildman–Crippen MR) is 60.0 cm³/mol. The molecule has 0 aliphatic rings. The number of para-hydroxylation sites is 1. The van der Waals surface area contributed by atoms with E-state index in [0.29, 0.717) is 11.4 Å². The normalized spacial score (nSPS) is 11.5. The Balaban J connectivity index is 2.80. The second kappa shape index (κ2) is 3.39. The van der Waals surface area contributed by atoms with Crippen LogP contribution in [-0.2, 0) is 0 Å². The Labute approximate surface area is 90.5 Å². The second-order valence-corrected chi connectivity index (χ2v) is 4.46.